The van der Waals surface area contributed by atoms with E-state index >= 15 is 0 Å². The third-order valence-electron chi connectivity index (χ3n) is 3.48. The SMILES string of the molecule is C=CCCCN(C)C(=NC)NC1CCN(CC(F)(F)F)C1.I. The van der Waals surface area contributed by atoms with Crippen molar-refractivity contribution in [1.82, 2.24) is 15.1 Å². The highest BCUT2D eigenvalue weighted by molar-refractivity contribution is 14.0. The van der Waals surface area contributed by atoms with E-state index in [9.17, 15) is 13.2 Å². The third-order valence-corrected chi connectivity index (χ3v) is 3.48. The van der Waals surface area contributed by atoms with Gasteiger partial charge in [-0.05, 0) is 19.3 Å². The number of rotatable bonds is 6. The molecule has 0 amide bonds. The lowest BCUT2D eigenvalue weighted by molar-refractivity contribution is -0.143. The molecule has 1 aliphatic heterocycles. The summed E-state index contributed by atoms with van der Waals surface area (Å²) >= 11 is 0. The lowest BCUT2D eigenvalue weighted by atomic mass is 10.2. The first kappa shape index (κ1) is 21.5. The molecule has 1 aliphatic rings. The van der Waals surface area contributed by atoms with Gasteiger partial charge in [0.25, 0.3) is 0 Å². The van der Waals surface area contributed by atoms with Gasteiger partial charge in [-0.1, -0.05) is 6.08 Å². The minimum absolute atomic E-state index is 0. The molecule has 0 aromatic rings. The molecule has 4 nitrogen and oxygen atoms in total. The summed E-state index contributed by atoms with van der Waals surface area (Å²) in [7, 11) is 3.62. The van der Waals surface area contributed by atoms with Crippen molar-refractivity contribution in [2.45, 2.75) is 31.5 Å². The Bertz CT molecular complexity index is 360. The average Bonchev–Trinajstić information content (AvgIpc) is 2.81. The predicted octanol–water partition coefficient (Wildman–Crippen LogP) is 2.71. The van der Waals surface area contributed by atoms with E-state index in [0.29, 0.717) is 19.5 Å². The fourth-order valence-electron chi connectivity index (χ4n) is 2.45. The van der Waals surface area contributed by atoms with E-state index in [1.54, 1.807) is 7.05 Å². The molecule has 0 aromatic carbocycles. The molecule has 1 heterocycles. The summed E-state index contributed by atoms with van der Waals surface area (Å²) in [5.41, 5.74) is 0. The number of aliphatic imine (C=N–C) groups is 1. The number of halogens is 4. The van der Waals surface area contributed by atoms with Gasteiger partial charge < -0.3 is 10.2 Å². The van der Waals surface area contributed by atoms with Gasteiger partial charge in [-0.2, -0.15) is 13.2 Å². The normalized spacial score (nSPS) is 19.7. The Hall–Kier alpha value is -0.510. The van der Waals surface area contributed by atoms with E-state index < -0.39 is 12.7 Å². The number of unbranched alkanes of at least 4 members (excludes halogenated alkanes) is 1. The molecule has 22 heavy (non-hydrogen) atoms. The van der Waals surface area contributed by atoms with E-state index in [1.807, 2.05) is 18.0 Å². The Balaban J connectivity index is 0.00000441. The van der Waals surface area contributed by atoms with Crippen molar-refractivity contribution in [3.63, 3.8) is 0 Å². The lowest BCUT2D eigenvalue weighted by Gasteiger charge is -2.25. The molecule has 1 unspecified atom stereocenters. The van der Waals surface area contributed by atoms with Crippen LogP contribution < -0.4 is 5.32 Å². The van der Waals surface area contributed by atoms with Gasteiger partial charge >= 0.3 is 6.18 Å². The molecular weight excluding hydrogens is 408 g/mol. The summed E-state index contributed by atoms with van der Waals surface area (Å²) < 4.78 is 37.1. The molecule has 8 heteroatoms. The van der Waals surface area contributed by atoms with E-state index in [1.165, 1.54) is 4.90 Å². The number of likely N-dealkylation sites (tertiary alicyclic amines) is 1. The van der Waals surface area contributed by atoms with Crippen LogP contribution in [0.4, 0.5) is 13.2 Å². The zero-order valence-corrected chi connectivity index (χ0v) is 15.5. The van der Waals surface area contributed by atoms with Gasteiger partial charge in [-0.25, -0.2) is 0 Å². The van der Waals surface area contributed by atoms with Crippen LogP contribution in [0.15, 0.2) is 17.6 Å². The second-order valence-electron chi connectivity index (χ2n) is 5.38. The maximum Gasteiger partial charge on any atom is 0.401 e. The van der Waals surface area contributed by atoms with Crippen LogP contribution in [0.1, 0.15) is 19.3 Å². The summed E-state index contributed by atoms with van der Waals surface area (Å²) in [5, 5.41) is 3.25. The zero-order chi connectivity index (χ0) is 15.9. The van der Waals surface area contributed by atoms with Gasteiger partial charge in [0.2, 0.25) is 0 Å². The number of nitrogens with one attached hydrogen (secondary N) is 1. The van der Waals surface area contributed by atoms with E-state index in [-0.39, 0.29) is 30.0 Å². The molecule has 0 saturated carbocycles. The fraction of sp³-hybridized carbons (Fsp3) is 0.786. The van der Waals surface area contributed by atoms with Crippen molar-refractivity contribution in [2.24, 2.45) is 4.99 Å². The van der Waals surface area contributed by atoms with Crippen molar-refractivity contribution in [1.29, 1.82) is 0 Å². The van der Waals surface area contributed by atoms with Crippen molar-refractivity contribution < 1.29 is 13.2 Å². The first-order chi connectivity index (χ1) is 9.85. The standard InChI is InChI=1S/C14H25F3N4.HI/c1-4-5-6-8-20(3)13(18-2)19-12-7-9-21(10-12)11-14(15,16)17;/h4,12H,1,5-11H2,2-3H3,(H,18,19);1H. The van der Waals surface area contributed by atoms with E-state index in [2.05, 4.69) is 16.9 Å². The molecule has 0 bridgehead atoms. The van der Waals surface area contributed by atoms with Crippen molar-refractivity contribution in [3.05, 3.63) is 12.7 Å². The van der Waals surface area contributed by atoms with Gasteiger partial charge in [-0.15, -0.1) is 30.6 Å². The minimum atomic E-state index is -4.13. The Kier molecular flexibility index (Phi) is 10.1. The van der Waals surface area contributed by atoms with Gasteiger partial charge in [-0.3, -0.25) is 9.89 Å². The summed E-state index contributed by atoms with van der Waals surface area (Å²) in [6.45, 7) is 4.55. The molecule has 1 fully saturated rings. The fourth-order valence-corrected chi connectivity index (χ4v) is 2.45. The van der Waals surface area contributed by atoms with Crippen LogP contribution in [0.3, 0.4) is 0 Å². The quantitative estimate of drug-likeness (QED) is 0.229. The smallest absolute Gasteiger partial charge is 0.352 e. The van der Waals surface area contributed by atoms with Crippen LogP contribution in [-0.4, -0.2) is 68.3 Å². The second kappa shape index (κ2) is 10.3. The Morgan fingerprint density at radius 2 is 2.18 bits per heavy atom. The van der Waals surface area contributed by atoms with Crippen LogP contribution >= 0.6 is 24.0 Å². The highest BCUT2D eigenvalue weighted by atomic mass is 127. The molecule has 0 spiro atoms. The first-order valence-corrected chi connectivity index (χ1v) is 7.20. The highest BCUT2D eigenvalue weighted by Crippen LogP contribution is 2.20. The molecule has 0 aliphatic carbocycles. The van der Waals surface area contributed by atoms with Gasteiger partial charge in [0.15, 0.2) is 5.96 Å². The Labute approximate surface area is 147 Å². The second-order valence-corrected chi connectivity index (χ2v) is 5.38. The number of nitrogens with zero attached hydrogens (tertiary/aromatic N) is 3. The maximum absolute atomic E-state index is 12.4. The molecule has 1 rings (SSSR count). The van der Waals surface area contributed by atoms with Crippen LogP contribution in [0, 0.1) is 0 Å². The van der Waals surface area contributed by atoms with Gasteiger partial charge in [0, 0.05) is 39.8 Å². The zero-order valence-electron chi connectivity index (χ0n) is 13.2. The summed E-state index contributed by atoms with van der Waals surface area (Å²) in [4.78, 5) is 7.62. The molecule has 1 atom stereocenters. The molecule has 130 valence electrons. The summed E-state index contributed by atoms with van der Waals surface area (Å²) in [5.74, 6) is 0.734. The molecular formula is C14H26F3IN4. The van der Waals surface area contributed by atoms with E-state index in [4.69, 9.17) is 0 Å². The van der Waals surface area contributed by atoms with Crippen molar-refractivity contribution in [2.75, 3.05) is 40.3 Å². The predicted molar refractivity (Wildman–Crippen MR) is 94.9 cm³/mol. The lowest BCUT2D eigenvalue weighted by Crippen LogP contribution is -2.46. The molecule has 0 aromatic heterocycles. The highest BCUT2D eigenvalue weighted by Gasteiger charge is 2.34. The van der Waals surface area contributed by atoms with Crippen molar-refractivity contribution in [3.8, 4) is 0 Å². The number of hydrogen-bond donors (Lipinski definition) is 1. The average molecular weight is 434 g/mol. The van der Waals surface area contributed by atoms with Crippen LogP contribution in [0.2, 0.25) is 0 Å². The molecule has 1 N–H and O–H groups in total. The Morgan fingerprint density at radius 3 is 2.73 bits per heavy atom. The molecule has 0 radical (unpaired) electrons. The maximum atomic E-state index is 12.4. The number of alkyl halides is 3. The van der Waals surface area contributed by atoms with Crippen LogP contribution in [0.5, 0.6) is 0 Å². The van der Waals surface area contributed by atoms with Crippen molar-refractivity contribution >= 4 is 29.9 Å². The number of allylic oxidation sites excluding steroid dienone is 1. The van der Waals surface area contributed by atoms with Crippen LogP contribution in [-0.2, 0) is 0 Å². The molecule has 1 saturated heterocycles. The third kappa shape index (κ3) is 8.21. The topological polar surface area (TPSA) is 30.9 Å². The first-order valence-electron chi connectivity index (χ1n) is 7.20. The monoisotopic (exact) mass is 434 g/mol. The number of hydrogen-bond acceptors (Lipinski definition) is 2. The summed E-state index contributed by atoms with van der Waals surface area (Å²) in [6.07, 6.45) is 0.360. The summed E-state index contributed by atoms with van der Waals surface area (Å²) in [6, 6.07) is 0.0212. The van der Waals surface area contributed by atoms with E-state index in [0.717, 1.165) is 25.3 Å². The van der Waals surface area contributed by atoms with Crippen LogP contribution in [0.25, 0.3) is 0 Å². The van der Waals surface area contributed by atoms with Gasteiger partial charge in [0.1, 0.15) is 0 Å². The minimum Gasteiger partial charge on any atom is -0.352 e. The number of guanidine groups is 1. The van der Waals surface area contributed by atoms with Gasteiger partial charge in [0.05, 0.1) is 6.54 Å². The largest absolute Gasteiger partial charge is 0.401 e. The Morgan fingerprint density at radius 1 is 1.50 bits per heavy atom.